The summed E-state index contributed by atoms with van der Waals surface area (Å²) in [4.78, 5) is 0. The molecule has 0 atom stereocenters. The Kier molecular flexibility index (Phi) is 7.99. The van der Waals surface area contributed by atoms with E-state index in [1.54, 1.807) is 12.4 Å². The molecule has 0 bridgehead atoms. The molecule has 0 fully saturated rings. The predicted molar refractivity (Wildman–Crippen MR) is 132 cm³/mol. The minimum absolute atomic E-state index is 0. The molecule has 5 heterocycles. The Balaban J connectivity index is 0.000000201. The summed E-state index contributed by atoms with van der Waals surface area (Å²) in [5.74, 6) is 0. The third-order valence-electron chi connectivity index (χ3n) is 5.86. The maximum absolute atomic E-state index is 4.63. The van der Waals surface area contributed by atoms with Crippen LogP contribution in [-0.4, -0.2) is 63.1 Å². The van der Waals surface area contributed by atoms with Crippen LogP contribution in [0.1, 0.15) is 34.2 Å². The van der Waals surface area contributed by atoms with Crippen LogP contribution >= 0.6 is 0 Å². The van der Waals surface area contributed by atoms with Gasteiger partial charge in [-0.1, -0.05) is 0 Å². The number of hydrogen-bond acceptors (Lipinski definition) is 5. The SMILES string of the molecule is Cc1cc(C)n([BH-](n2cccn2)n2nc(C)cc2C)n1.Cc1cc(C)n([BH2-]n2cccn2)n1.[Ni+2]. The molecule has 0 amide bonds. The van der Waals surface area contributed by atoms with E-state index in [4.69, 9.17) is 0 Å². The summed E-state index contributed by atoms with van der Waals surface area (Å²) in [6.07, 6.45) is 7.54. The third kappa shape index (κ3) is 5.59. The van der Waals surface area contributed by atoms with Gasteiger partial charge in [-0.05, 0) is 101 Å². The van der Waals surface area contributed by atoms with E-state index in [1.165, 1.54) is 5.69 Å². The monoisotopic (exact) mass is 502 g/mol. The van der Waals surface area contributed by atoms with Gasteiger partial charge >= 0.3 is 23.6 Å². The zero-order chi connectivity index (χ0) is 23.5. The normalized spacial score (nSPS) is 10.8. The van der Waals surface area contributed by atoms with E-state index in [0.29, 0.717) is 0 Å². The molecule has 5 aromatic rings. The van der Waals surface area contributed by atoms with Crippen molar-refractivity contribution in [2.75, 3.05) is 0 Å². The van der Waals surface area contributed by atoms with Gasteiger partial charge in [-0.2, -0.15) is 0 Å². The Bertz CT molecular complexity index is 1270. The van der Waals surface area contributed by atoms with Gasteiger partial charge in [0, 0.05) is 12.4 Å². The zero-order valence-electron chi connectivity index (χ0n) is 20.7. The molecular formula is C21H30B2N10Ni. The van der Waals surface area contributed by atoms with Gasteiger partial charge in [0.1, 0.15) is 0 Å². The van der Waals surface area contributed by atoms with Gasteiger partial charge in [0.25, 0.3) is 0 Å². The summed E-state index contributed by atoms with van der Waals surface area (Å²) in [6.45, 7) is 12.2. The molecule has 0 saturated carbocycles. The Morgan fingerprint density at radius 1 is 0.676 bits per heavy atom. The first-order chi connectivity index (χ1) is 15.8. The van der Waals surface area contributed by atoms with Crippen molar-refractivity contribution < 1.29 is 16.5 Å². The fourth-order valence-electron chi connectivity index (χ4n) is 4.39. The average molecular weight is 503 g/mol. The van der Waals surface area contributed by atoms with Gasteiger partial charge in [-0.3, -0.25) is 0 Å². The number of aromatic nitrogens is 10. The maximum atomic E-state index is 4.63. The Hall–Kier alpha value is -3.33. The first-order valence-corrected chi connectivity index (χ1v) is 11.3. The van der Waals surface area contributed by atoms with E-state index in [1.807, 2.05) is 63.7 Å². The zero-order valence-corrected chi connectivity index (χ0v) is 21.7. The van der Waals surface area contributed by atoms with Gasteiger partial charge in [-0.15, -0.1) is 0 Å². The van der Waals surface area contributed by atoms with Crippen LogP contribution in [0.4, 0.5) is 0 Å². The van der Waals surface area contributed by atoms with Gasteiger partial charge in [0.15, 0.2) is 7.55 Å². The summed E-state index contributed by atoms with van der Waals surface area (Å²) in [6, 6.07) is 10.1. The Morgan fingerprint density at radius 2 is 1.21 bits per heavy atom. The molecule has 5 rings (SSSR count). The fourth-order valence-corrected chi connectivity index (χ4v) is 4.39. The molecule has 10 nitrogen and oxygen atoms in total. The molecule has 0 aliphatic rings. The maximum Gasteiger partial charge on any atom is 2.00 e. The van der Waals surface area contributed by atoms with Crippen molar-refractivity contribution in [1.29, 1.82) is 0 Å². The van der Waals surface area contributed by atoms with Crippen molar-refractivity contribution in [3.63, 3.8) is 0 Å². The van der Waals surface area contributed by atoms with Crippen LogP contribution in [0.15, 0.2) is 55.1 Å². The van der Waals surface area contributed by atoms with Crippen LogP contribution < -0.4 is 0 Å². The second kappa shape index (κ2) is 10.7. The standard InChI is InChI=1S/C13H18BN6.C8H12BN4.Ni/c1-10-8-12(3)19(16-10)14(18-7-5-6-15-18)20-13(4)9-11(2)17-20;1-7-6-8(2)13(11-7)9-12-5-3-4-10-12;/h5-9,14H,1-4H3;3-6H,9H2,1-2H3;/q2*-1;+2. The van der Waals surface area contributed by atoms with Gasteiger partial charge in [0.2, 0.25) is 0 Å². The molecule has 0 aliphatic carbocycles. The Morgan fingerprint density at radius 3 is 1.62 bits per heavy atom. The third-order valence-corrected chi connectivity index (χ3v) is 5.86. The van der Waals surface area contributed by atoms with E-state index < -0.39 is 14.7 Å². The summed E-state index contributed by atoms with van der Waals surface area (Å²) in [5.41, 5.74) is 6.54. The van der Waals surface area contributed by atoms with Crippen molar-refractivity contribution in [3.05, 3.63) is 89.3 Å². The molecular weight excluding hydrogens is 473 g/mol. The Labute approximate surface area is 210 Å². The second-order valence-electron chi connectivity index (χ2n) is 8.75. The minimum atomic E-state index is -1.21. The molecule has 0 radical (unpaired) electrons. The van der Waals surface area contributed by atoms with Crippen LogP contribution in [0.3, 0.4) is 0 Å². The molecule has 0 saturated heterocycles. The van der Waals surface area contributed by atoms with E-state index in [-0.39, 0.29) is 16.5 Å². The molecule has 0 unspecified atom stereocenters. The van der Waals surface area contributed by atoms with Gasteiger partial charge in [0.05, 0.1) is 17.1 Å². The van der Waals surface area contributed by atoms with Crippen molar-refractivity contribution >= 4 is 14.7 Å². The topological polar surface area (TPSA) is 89.1 Å². The van der Waals surface area contributed by atoms with Crippen LogP contribution in [0.25, 0.3) is 0 Å². The van der Waals surface area contributed by atoms with E-state index in [2.05, 4.69) is 69.1 Å². The predicted octanol–water partition coefficient (Wildman–Crippen LogP) is 1.26. The average Bonchev–Trinajstić information content (AvgIpc) is 3.55. The number of rotatable bonds is 5. The smallest absolute Gasteiger partial charge is 0.429 e. The fraction of sp³-hybridized carbons (Fsp3) is 0.286. The molecule has 13 heteroatoms. The van der Waals surface area contributed by atoms with E-state index in [9.17, 15) is 0 Å². The molecule has 0 aromatic carbocycles. The summed E-state index contributed by atoms with van der Waals surface area (Å²) < 4.78 is 10.0. The van der Waals surface area contributed by atoms with Crippen LogP contribution in [-0.2, 0) is 16.5 Å². The van der Waals surface area contributed by atoms with Crippen LogP contribution in [0.5, 0.6) is 0 Å². The summed E-state index contributed by atoms with van der Waals surface area (Å²) in [7, 11) is -1.68. The molecule has 0 N–H and O–H groups in total. The molecule has 0 spiro atoms. The molecule has 0 aliphatic heterocycles. The largest absolute Gasteiger partial charge is 2.00 e. The molecule has 180 valence electrons. The molecule has 5 aromatic heterocycles. The van der Waals surface area contributed by atoms with Gasteiger partial charge in [-0.25, -0.2) is 25.5 Å². The van der Waals surface area contributed by atoms with Crippen molar-refractivity contribution in [1.82, 2.24) is 48.5 Å². The van der Waals surface area contributed by atoms with Crippen molar-refractivity contribution in [2.24, 2.45) is 0 Å². The number of nitrogens with zero attached hydrogens (tertiary/aromatic N) is 10. The first kappa shape index (κ1) is 25.3. The van der Waals surface area contributed by atoms with Crippen LogP contribution in [0, 0.1) is 41.5 Å². The number of aryl methyl sites for hydroxylation is 6. The minimum Gasteiger partial charge on any atom is -0.429 e. The second-order valence-corrected chi connectivity index (χ2v) is 8.75. The van der Waals surface area contributed by atoms with E-state index >= 15 is 0 Å². The van der Waals surface area contributed by atoms with E-state index in [0.717, 1.165) is 28.5 Å². The van der Waals surface area contributed by atoms with Crippen molar-refractivity contribution in [2.45, 2.75) is 41.5 Å². The van der Waals surface area contributed by atoms with Crippen LogP contribution in [0.2, 0.25) is 0 Å². The van der Waals surface area contributed by atoms with Crippen molar-refractivity contribution in [3.8, 4) is 0 Å². The quantitative estimate of drug-likeness (QED) is 0.338. The van der Waals surface area contributed by atoms with Gasteiger partial charge < -0.3 is 23.0 Å². The number of hydrogen-bond donors (Lipinski definition) is 0. The summed E-state index contributed by atoms with van der Waals surface area (Å²) >= 11 is 0. The first-order valence-electron chi connectivity index (χ1n) is 11.3. The summed E-state index contributed by atoms with van der Waals surface area (Å²) in [5, 5.41) is 22.2. The molecule has 34 heavy (non-hydrogen) atoms.